The molecule has 2 aromatic rings. The molecule has 1 aliphatic heterocycles. The lowest BCUT2D eigenvalue weighted by molar-refractivity contribution is 0.0989. The summed E-state index contributed by atoms with van der Waals surface area (Å²) >= 11 is 0. The van der Waals surface area contributed by atoms with Crippen molar-refractivity contribution in [1.82, 2.24) is 0 Å². The second-order valence-electron chi connectivity index (χ2n) is 4.68. The molecule has 0 saturated carbocycles. The number of nitrogens with zero attached hydrogens (tertiary/aromatic N) is 2. The minimum absolute atomic E-state index is 0.106. The molecule has 1 N–H and O–H groups in total. The van der Waals surface area contributed by atoms with Crippen LogP contribution < -0.4 is 4.90 Å². The van der Waals surface area contributed by atoms with Gasteiger partial charge < -0.3 is 10.0 Å². The van der Waals surface area contributed by atoms with Crippen LogP contribution in [0.25, 0.3) is 0 Å². The summed E-state index contributed by atoms with van der Waals surface area (Å²) in [4.78, 5) is 14.2. The number of hydrogen-bond donors (Lipinski definition) is 1. The molecule has 0 saturated heterocycles. The lowest BCUT2D eigenvalue weighted by atomic mass is 10.1. The first kappa shape index (κ1) is 12.2. The first-order chi connectivity index (χ1) is 9.70. The Balaban J connectivity index is 1.97. The van der Waals surface area contributed by atoms with Gasteiger partial charge in [-0.05, 0) is 36.2 Å². The summed E-state index contributed by atoms with van der Waals surface area (Å²) in [6.07, 6.45) is 0.838. The van der Waals surface area contributed by atoms with Crippen LogP contribution in [-0.2, 0) is 6.42 Å². The number of para-hydroxylation sites is 1. The van der Waals surface area contributed by atoms with Gasteiger partial charge in [0, 0.05) is 17.8 Å². The highest BCUT2D eigenvalue weighted by Crippen LogP contribution is 2.29. The number of fused-ring (bicyclic) bond motifs is 1. The van der Waals surface area contributed by atoms with Gasteiger partial charge in [-0.1, -0.05) is 18.2 Å². The first-order valence-corrected chi connectivity index (χ1v) is 6.33. The molecule has 3 rings (SSSR count). The summed E-state index contributed by atoms with van der Waals surface area (Å²) in [5.41, 5.74) is 2.60. The van der Waals surface area contributed by atoms with Crippen LogP contribution in [0.4, 0.5) is 5.69 Å². The molecule has 2 aromatic carbocycles. The smallest absolute Gasteiger partial charge is 0.258 e. The van der Waals surface area contributed by atoms with Crippen molar-refractivity contribution in [2.75, 3.05) is 11.4 Å². The molecule has 0 bridgehead atoms. The highest BCUT2D eigenvalue weighted by molar-refractivity contribution is 6.07. The zero-order valence-corrected chi connectivity index (χ0v) is 10.7. The van der Waals surface area contributed by atoms with Crippen molar-refractivity contribution >= 4 is 11.6 Å². The van der Waals surface area contributed by atoms with E-state index in [-0.39, 0.29) is 17.2 Å². The maximum Gasteiger partial charge on any atom is 0.258 e. The summed E-state index contributed by atoms with van der Waals surface area (Å²) < 4.78 is 0. The van der Waals surface area contributed by atoms with E-state index < -0.39 is 0 Å². The largest absolute Gasteiger partial charge is 0.507 e. The van der Waals surface area contributed by atoms with E-state index in [4.69, 9.17) is 5.26 Å². The first-order valence-electron chi connectivity index (χ1n) is 6.33. The molecule has 1 amide bonds. The van der Waals surface area contributed by atoms with E-state index in [2.05, 4.69) is 0 Å². The normalized spacial score (nSPS) is 12.8. The zero-order chi connectivity index (χ0) is 14.1. The molecule has 0 fully saturated rings. The van der Waals surface area contributed by atoms with E-state index in [1.165, 1.54) is 12.1 Å². The van der Waals surface area contributed by atoms with Crippen molar-refractivity contribution in [3.8, 4) is 11.8 Å². The van der Waals surface area contributed by atoms with Gasteiger partial charge in [0.05, 0.1) is 5.56 Å². The number of hydrogen-bond acceptors (Lipinski definition) is 3. The molecule has 0 atom stereocenters. The molecule has 1 heterocycles. The summed E-state index contributed by atoms with van der Waals surface area (Å²) in [6.45, 7) is 0.640. The fourth-order valence-electron chi connectivity index (χ4n) is 2.46. The lowest BCUT2D eigenvalue weighted by Gasteiger charge is -2.17. The number of carbonyl (C=O) groups excluding carboxylic acids is 1. The molecule has 20 heavy (non-hydrogen) atoms. The van der Waals surface area contributed by atoms with Gasteiger partial charge >= 0.3 is 0 Å². The number of aromatic hydroxyl groups is 1. The van der Waals surface area contributed by atoms with Crippen molar-refractivity contribution in [2.24, 2.45) is 0 Å². The molecule has 0 unspecified atom stereocenters. The molecular weight excluding hydrogens is 252 g/mol. The topological polar surface area (TPSA) is 64.3 Å². The van der Waals surface area contributed by atoms with Gasteiger partial charge in [-0.3, -0.25) is 4.79 Å². The molecular formula is C16H12N2O2. The van der Waals surface area contributed by atoms with Gasteiger partial charge in [-0.15, -0.1) is 0 Å². The van der Waals surface area contributed by atoms with Crippen LogP contribution in [0, 0.1) is 11.3 Å². The summed E-state index contributed by atoms with van der Waals surface area (Å²) in [5.74, 6) is -0.252. The Morgan fingerprint density at radius 2 is 2.05 bits per heavy atom. The number of carbonyl (C=O) groups is 1. The van der Waals surface area contributed by atoms with E-state index in [9.17, 15) is 9.90 Å². The Morgan fingerprint density at radius 3 is 2.85 bits per heavy atom. The third-order valence-corrected chi connectivity index (χ3v) is 3.50. The zero-order valence-electron chi connectivity index (χ0n) is 10.7. The third kappa shape index (κ3) is 1.90. The van der Waals surface area contributed by atoms with Crippen LogP contribution in [-0.4, -0.2) is 17.6 Å². The number of phenols is 1. The SMILES string of the molecule is N#Cc1cc(C(=O)N2CCc3ccccc32)ccc1O. The monoisotopic (exact) mass is 264 g/mol. The quantitative estimate of drug-likeness (QED) is 0.860. The van der Waals surface area contributed by atoms with E-state index in [1.807, 2.05) is 30.3 Å². The standard InChI is InChI=1S/C16H12N2O2/c17-10-13-9-12(5-6-15(13)19)16(20)18-8-7-11-3-1-2-4-14(11)18/h1-6,9,19H,7-8H2. The number of rotatable bonds is 1. The van der Waals surface area contributed by atoms with Gasteiger partial charge in [0.2, 0.25) is 0 Å². The minimum Gasteiger partial charge on any atom is -0.507 e. The van der Waals surface area contributed by atoms with Gasteiger partial charge in [0.25, 0.3) is 5.91 Å². The van der Waals surface area contributed by atoms with Gasteiger partial charge in [-0.25, -0.2) is 0 Å². The van der Waals surface area contributed by atoms with Crippen LogP contribution in [0.5, 0.6) is 5.75 Å². The maximum atomic E-state index is 12.5. The highest BCUT2D eigenvalue weighted by atomic mass is 16.3. The van der Waals surface area contributed by atoms with E-state index in [0.717, 1.165) is 17.7 Å². The number of anilines is 1. The summed E-state index contributed by atoms with van der Waals surface area (Å²) in [6, 6.07) is 14.0. The molecule has 4 nitrogen and oxygen atoms in total. The van der Waals surface area contributed by atoms with Gasteiger partial charge in [-0.2, -0.15) is 5.26 Å². The van der Waals surface area contributed by atoms with Crippen molar-refractivity contribution in [3.05, 3.63) is 59.2 Å². The summed E-state index contributed by atoms with van der Waals surface area (Å²) in [5, 5.41) is 18.4. The van der Waals surface area contributed by atoms with Crippen LogP contribution >= 0.6 is 0 Å². The van der Waals surface area contributed by atoms with Crippen LogP contribution in [0.1, 0.15) is 21.5 Å². The van der Waals surface area contributed by atoms with Crippen molar-refractivity contribution in [2.45, 2.75) is 6.42 Å². The molecule has 0 aromatic heterocycles. The predicted octanol–water partition coefficient (Wildman–Crippen LogP) is 2.47. The molecule has 0 aliphatic carbocycles. The van der Waals surface area contributed by atoms with Crippen molar-refractivity contribution < 1.29 is 9.90 Å². The number of nitriles is 1. The fraction of sp³-hybridized carbons (Fsp3) is 0.125. The Kier molecular flexibility index (Phi) is 2.88. The van der Waals surface area contributed by atoms with Gasteiger partial charge in [0.1, 0.15) is 11.8 Å². The summed E-state index contributed by atoms with van der Waals surface area (Å²) in [7, 11) is 0. The average molecular weight is 264 g/mol. The van der Waals surface area contributed by atoms with Crippen molar-refractivity contribution in [1.29, 1.82) is 5.26 Å². The third-order valence-electron chi connectivity index (χ3n) is 3.50. The van der Waals surface area contributed by atoms with Crippen LogP contribution in [0.3, 0.4) is 0 Å². The molecule has 98 valence electrons. The number of benzene rings is 2. The van der Waals surface area contributed by atoms with Gasteiger partial charge in [0.15, 0.2) is 0 Å². The molecule has 4 heteroatoms. The van der Waals surface area contributed by atoms with Crippen LogP contribution in [0.2, 0.25) is 0 Å². The molecule has 0 radical (unpaired) electrons. The number of phenolic OH excluding ortho intramolecular Hbond substituents is 1. The Morgan fingerprint density at radius 1 is 1.25 bits per heavy atom. The van der Waals surface area contributed by atoms with E-state index in [0.29, 0.717) is 12.1 Å². The van der Waals surface area contributed by atoms with Crippen LogP contribution in [0.15, 0.2) is 42.5 Å². The minimum atomic E-state index is -0.147. The second-order valence-corrected chi connectivity index (χ2v) is 4.68. The highest BCUT2D eigenvalue weighted by Gasteiger charge is 2.25. The van der Waals surface area contributed by atoms with E-state index in [1.54, 1.807) is 11.0 Å². The number of amides is 1. The van der Waals surface area contributed by atoms with E-state index >= 15 is 0 Å². The second kappa shape index (κ2) is 4.71. The van der Waals surface area contributed by atoms with Crippen molar-refractivity contribution in [3.63, 3.8) is 0 Å². The average Bonchev–Trinajstić information content (AvgIpc) is 2.91. The Bertz CT molecular complexity index is 731. The molecule has 0 spiro atoms. The fourth-order valence-corrected chi connectivity index (χ4v) is 2.46. The molecule has 1 aliphatic rings. The predicted molar refractivity (Wildman–Crippen MR) is 74.6 cm³/mol. The maximum absolute atomic E-state index is 12.5. The lowest BCUT2D eigenvalue weighted by Crippen LogP contribution is -2.28. The Hall–Kier alpha value is -2.80. The Labute approximate surface area is 116 Å².